The van der Waals surface area contributed by atoms with Crippen molar-refractivity contribution in [2.24, 2.45) is 0 Å². The van der Waals surface area contributed by atoms with E-state index in [2.05, 4.69) is 5.32 Å². The number of amides is 1. The number of rotatable bonds is 1. The maximum absolute atomic E-state index is 13.6. The number of nitriles is 1. The summed E-state index contributed by atoms with van der Waals surface area (Å²) in [5.41, 5.74) is 0.255. The first-order chi connectivity index (χ1) is 8.22. The minimum atomic E-state index is -0.632. The SMILES string of the molecule is N#Cc1ccc(C(=O)N2CCNCC2)c(F)c1. The third-order valence-corrected chi connectivity index (χ3v) is 2.73. The topological polar surface area (TPSA) is 56.1 Å². The molecule has 17 heavy (non-hydrogen) atoms. The van der Waals surface area contributed by atoms with Crippen LogP contribution in [0.25, 0.3) is 0 Å². The smallest absolute Gasteiger partial charge is 0.256 e. The summed E-state index contributed by atoms with van der Waals surface area (Å²) in [7, 11) is 0. The number of piperazine rings is 1. The summed E-state index contributed by atoms with van der Waals surface area (Å²) in [6.07, 6.45) is 0. The van der Waals surface area contributed by atoms with E-state index in [1.165, 1.54) is 12.1 Å². The number of hydrogen-bond donors (Lipinski definition) is 1. The number of carbonyl (C=O) groups is 1. The number of hydrogen-bond acceptors (Lipinski definition) is 3. The van der Waals surface area contributed by atoms with Crippen LogP contribution < -0.4 is 5.32 Å². The molecule has 0 atom stereocenters. The van der Waals surface area contributed by atoms with Gasteiger partial charge < -0.3 is 10.2 Å². The molecule has 5 heteroatoms. The van der Waals surface area contributed by atoms with Crippen LogP contribution in [0, 0.1) is 17.1 Å². The molecular weight excluding hydrogens is 221 g/mol. The predicted octanol–water partition coefficient (Wildman–Crippen LogP) is 0.743. The molecular formula is C12H12FN3O. The van der Waals surface area contributed by atoms with Gasteiger partial charge in [-0.15, -0.1) is 0 Å². The van der Waals surface area contributed by atoms with Crippen molar-refractivity contribution < 1.29 is 9.18 Å². The van der Waals surface area contributed by atoms with Crippen molar-refractivity contribution in [3.8, 4) is 6.07 Å². The van der Waals surface area contributed by atoms with Gasteiger partial charge in [-0.05, 0) is 18.2 Å². The van der Waals surface area contributed by atoms with Gasteiger partial charge in [-0.2, -0.15) is 5.26 Å². The quantitative estimate of drug-likeness (QED) is 0.778. The van der Waals surface area contributed by atoms with Crippen LogP contribution in [0.4, 0.5) is 4.39 Å². The van der Waals surface area contributed by atoms with Crippen LogP contribution in [0.5, 0.6) is 0 Å². The monoisotopic (exact) mass is 233 g/mol. The fraction of sp³-hybridized carbons (Fsp3) is 0.333. The molecule has 1 heterocycles. The van der Waals surface area contributed by atoms with Gasteiger partial charge >= 0.3 is 0 Å². The van der Waals surface area contributed by atoms with Gasteiger partial charge in [0.05, 0.1) is 17.2 Å². The zero-order chi connectivity index (χ0) is 12.3. The first-order valence-corrected chi connectivity index (χ1v) is 5.42. The van der Waals surface area contributed by atoms with Crippen molar-refractivity contribution in [1.29, 1.82) is 5.26 Å². The van der Waals surface area contributed by atoms with Crippen molar-refractivity contribution in [2.75, 3.05) is 26.2 Å². The number of carbonyl (C=O) groups excluding carboxylic acids is 1. The summed E-state index contributed by atoms with van der Waals surface area (Å²) in [6.45, 7) is 2.61. The first kappa shape index (κ1) is 11.6. The second-order valence-electron chi connectivity index (χ2n) is 3.85. The molecule has 1 amide bonds. The lowest BCUT2D eigenvalue weighted by Crippen LogP contribution is -2.46. The van der Waals surface area contributed by atoms with Gasteiger partial charge in [0.25, 0.3) is 5.91 Å². The van der Waals surface area contributed by atoms with Crippen molar-refractivity contribution in [3.05, 3.63) is 35.1 Å². The fourth-order valence-electron chi connectivity index (χ4n) is 1.80. The highest BCUT2D eigenvalue weighted by Gasteiger charge is 2.20. The van der Waals surface area contributed by atoms with Gasteiger partial charge in [0.15, 0.2) is 0 Å². The molecule has 0 bridgehead atoms. The number of benzene rings is 1. The summed E-state index contributed by atoms with van der Waals surface area (Å²) >= 11 is 0. The van der Waals surface area contributed by atoms with Crippen molar-refractivity contribution in [1.82, 2.24) is 10.2 Å². The summed E-state index contributed by atoms with van der Waals surface area (Å²) in [6, 6.07) is 5.76. The van der Waals surface area contributed by atoms with E-state index < -0.39 is 5.82 Å². The Morgan fingerprint density at radius 1 is 1.41 bits per heavy atom. The Balaban J connectivity index is 2.22. The van der Waals surface area contributed by atoms with Crippen LogP contribution in [0.1, 0.15) is 15.9 Å². The summed E-state index contributed by atoms with van der Waals surface area (Å²) in [5.74, 6) is -0.943. The van der Waals surface area contributed by atoms with E-state index in [1.807, 2.05) is 6.07 Å². The Morgan fingerprint density at radius 3 is 2.71 bits per heavy atom. The Morgan fingerprint density at radius 2 is 2.12 bits per heavy atom. The van der Waals surface area contributed by atoms with Crippen LogP contribution in [0.3, 0.4) is 0 Å². The molecule has 1 saturated heterocycles. The highest BCUT2D eigenvalue weighted by Crippen LogP contribution is 2.13. The molecule has 0 aromatic heterocycles. The number of halogens is 1. The third kappa shape index (κ3) is 2.43. The maximum atomic E-state index is 13.6. The van der Waals surface area contributed by atoms with E-state index in [1.54, 1.807) is 4.90 Å². The van der Waals surface area contributed by atoms with Gasteiger partial charge in [0.2, 0.25) is 0 Å². The van der Waals surface area contributed by atoms with E-state index in [4.69, 9.17) is 5.26 Å². The lowest BCUT2D eigenvalue weighted by Gasteiger charge is -2.27. The van der Waals surface area contributed by atoms with Crippen LogP contribution >= 0.6 is 0 Å². The van der Waals surface area contributed by atoms with E-state index in [0.717, 1.165) is 19.2 Å². The minimum absolute atomic E-state index is 0.0332. The standard InChI is InChI=1S/C12H12FN3O/c13-11-7-9(8-14)1-2-10(11)12(17)16-5-3-15-4-6-16/h1-2,7,15H,3-6H2. The second-order valence-corrected chi connectivity index (χ2v) is 3.85. The molecule has 0 unspecified atom stereocenters. The highest BCUT2D eigenvalue weighted by atomic mass is 19.1. The molecule has 0 spiro atoms. The lowest BCUT2D eigenvalue weighted by atomic mass is 10.1. The number of nitrogens with zero attached hydrogens (tertiary/aromatic N) is 2. The normalized spacial score (nSPS) is 15.4. The molecule has 1 aromatic carbocycles. The minimum Gasteiger partial charge on any atom is -0.336 e. The summed E-state index contributed by atoms with van der Waals surface area (Å²) in [4.78, 5) is 13.6. The molecule has 1 aliphatic rings. The van der Waals surface area contributed by atoms with Gasteiger partial charge in [0, 0.05) is 26.2 Å². The molecule has 0 radical (unpaired) electrons. The predicted molar refractivity (Wildman–Crippen MR) is 59.9 cm³/mol. The Hall–Kier alpha value is -1.93. The summed E-state index contributed by atoms with van der Waals surface area (Å²) in [5, 5.41) is 11.7. The van der Waals surface area contributed by atoms with Crippen LogP contribution in [-0.2, 0) is 0 Å². The van der Waals surface area contributed by atoms with E-state index >= 15 is 0 Å². The Labute approximate surface area is 98.6 Å². The maximum Gasteiger partial charge on any atom is 0.256 e. The molecule has 0 saturated carbocycles. The second kappa shape index (κ2) is 4.93. The van der Waals surface area contributed by atoms with E-state index in [-0.39, 0.29) is 17.0 Å². The Kier molecular flexibility index (Phi) is 3.35. The van der Waals surface area contributed by atoms with E-state index in [0.29, 0.717) is 13.1 Å². The average Bonchev–Trinajstić information content (AvgIpc) is 2.39. The largest absolute Gasteiger partial charge is 0.336 e. The molecule has 1 fully saturated rings. The molecule has 0 aliphatic carbocycles. The van der Waals surface area contributed by atoms with Gasteiger partial charge in [-0.1, -0.05) is 0 Å². The molecule has 88 valence electrons. The fourth-order valence-corrected chi connectivity index (χ4v) is 1.80. The lowest BCUT2D eigenvalue weighted by molar-refractivity contribution is 0.0731. The number of nitrogens with one attached hydrogen (secondary N) is 1. The third-order valence-electron chi connectivity index (χ3n) is 2.73. The van der Waals surface area contributed by atoms with Crippen LogP contribution in [0.2, 0.25) is 0 Å². The van der Waals surface area contributed by atoms with E-state index in [9.17, 15) is 9.18 Å². The van der Waals surface area contributed by atoms with Crippen molar-refractivity contribution in [2.45, 2.75) is 0 Å². The van der Waals surface area contributed by atoms with Gasteiger partial charge in [0.1, 0.15) is 5.82 Å². The molecule has 2 rings (SSSR count). The van der Waals surface area contributed by atoms with Gasteiger partial charge in [-0.3, -0.25) is 4.79 Å². The van der Waals surface area contributed by atoms with Crippen LogP contribution in [0.15, 0.2) is 18.2 Å². The molecule has 4 nitrogen and oxygen atoms in total. The molecule has 1 N–H and O–H groups in total. The van der Waals surface area contributed by atoms with Crippen molar-refractivity contribution >= 4 is 5.91 Å². The average molecular weight is 233 g/mol. The van der Waals surface area contributed by atoms with Crippen molar-refractivity contribution in [3.63, 3.8) is 0 Å². The summed E-state index contributed by atoms with van der Waals surface area (Å²) < 4.78 is 13.6. The highest BCUT2D eigenvalue weighted by molar-refractivity contribution is 5.94. The van der Waals surface area contributed by atoms with Crippen LogP contribution in [-0.4, -0.2) is 37.0 Å². The zero-order valence-electron chi connectivity index (χ0n) is 9.24. The zero-order valence-corrected chi connectivity index (χ0v) is 9.24. The first-order valence-electron chi connectivity index (χ1n) is 5.42. The molecule has 1 aromatic rings. The van der Waals surface area contributed by atoms with Gasteiger partial charge in [-0.25, -0.2) is 4.39 Å². The molecule has 1 aliphatic heterocycles. The Bertz CT molecular complexity index is 475.